The van der Waals surface area contributed by atoms with Gasteiger partial charge in [0, 0.05) is 253 Å². The van der Waals surface area contributed by atoms with Crippen molar-refractivity contribution >= 4 is 9.05 Å². The molecule has 0 unspecified atom stereocenters. The molecule has 0 aliphatic carbocycles. The third kappa shape index (κ3) is 200. The maximum absolute atomic E-state index is 8.58. The number of aromatic amines is 4. The first-order valence-corrected chi connectivity index (χ1v) is 18.8. The zero-order chi connectivity index (χ0) is 37.4. The quantitative estimate of drug-likeness (QED) is 0.0760. The van der Waals surface area contributed by atoms with Crippen LogP contribution in [0.1, 0.15) is 23.3 Å². The van der Waals surface area contributed by atoms with Crippen LogP contribution in [0.3, 0.4) is 0 Å². The number of ether oxygens (including phenoxy) is 4. The van der Waals surface area contributed by atoms with E-state index >= 15 is 0 Å². The van der Waals surface area contributed by atoms with Gasteiger partial charge in [0.25, 0.3) is 0 Å². The van der Waals surface area contributed by atoms with Crippen LogP contribution < -0.4 is 38.8 Å². The largest absolute Gasteiger partial charge is 2.00 e. The molecule has 0 spiro atoms. The van der Waals surface area contributed by atoms with Crippen LogP contribution in [0.5, 0.6) is 0 Å². The molecule has 70 nitrogen and oxygen atoms in total. The summed E-state index contributed by atoms with van der Waals surface area (Å²) < 4.78 is 20.9. The van der Waals surface area contributed by atoms with Crippen molar-refractivity contribution in [3.05, 3.63) is 23.3 Å². The molecule has 20 N–H and O–H groups in total. The minimum absolute atomic E-state index is 0. The summed E-state index contributed by atoms with van der Waals surface area (Å²) in [5.74, 6) is 3.14. The normalized spacial score (nSPS) is 9.38. The number of nitrogens with one attached hydrogen (secondary N) is 8. The second-order valence-corrected chi connectivity index (χ2v) is 13.0. The van der Waals surface area contributed by atoms with Gasteiger partial charge in [-0.2, -0.15) is 20.9 Å². The fourth-order valence-corrected chi connectivity index (χ4v) is 5.27. The molecule has 0 radical (unpaired) electrons. The monoisotopic (exact) mass is 3660 g/mol. The van der Waals surface area contributed by atoms with Gasteiger partial charge < -0.3 is 297 Å². The van der Waals surface area contributed by atoms with Gasteiger partial charge >= 0.3 is 0 Å². The van der Waals surface area contributed by atoms with E-state index in [1.165, 1.54) is 19.6 Å². The zero-order valence-electron chi connectivity index (χ0n) is 51.9. The summed E-state index contributed by atoms with van der Waals surface area (Å²) in [6.45, 7) is 18.4. The second-order valence-electron chi connectivity index (χ2n) is 12.0. The Morgan fingerprint density at radius 2 is 0.318 bits per heavy atom. The van der Waals surface area contributed by atoms with Crippen LogP contribution in [0.25, 0.3) is 0 Å². The van der Waals surface area contributed by atoms with Gasteiger partial charge in [0.2, 0.25) is 23.3 Å². The average Bonchev–Trinajstić information content (AvgIpc) is 4.02. The summed E-state index contributed by atoms with van der Waals surface area (Å²) in [6.07, 6.45) is 0. The number of hydrogen-bond acceptors (Lipinski definition) is 20. The third-order valence-electron chi connectivity index (χ3n) is 7.99. The second kappa shape index (κ2) is 239. The molecule has 4 aromatic rings. The number of tetrazole rings is 4. The fourth-order valence-electron chi connectivity index (χ4n) is 5.27. The van der Waals surface area contributed by atoms with Gasteiger partial charge in [0.15, 0.2) is 0 Å². The van der Waals surface area contributed by atoms with Crippen LogP contribution in [-0.2, 0) is 495 Å². The Morgan fingerprint density at radius 1 is 0.224 bits per heavy atom. The summed E-state index contributed by atoms with van der Waals surface area (Å²) in [6, 6.07) is 0. The van der Waals surface area contributed by atoms with E-state index in [1.807, 2.05) is 0 Å². The van der Waals surface area contributed by atoms with Crippen molar-refractivity contribution in [1.29, 1.82) is 0 Å². The molecule has 8 heterocycles. The van der Waals surface area contributed by atoms with Gasteiger partial charge in [0.1, 0.15) is 78.5 Å². The molecule has 0 atom stereocenters. The number of morpholine rings is 4. The van der Waals surface area contributed by atoms with Crippen molar-refractivity contribution < 1.29 is 541 Å². The van der Waals surface area contributed by atoms with E-state index in [0.29, 0.717) is 0 Å². The van der Waals surface area contributed by atoms with E-state index in [-0.39, 0.29) is 483 Å². The third-order valence-corrected chi connectivity index (χ3v) is 7.99. The van der Waals surface area contributed by atoms with Gasteiger partial charge in [-0.25, -0.2) is 0 Å². The molecule has 83 heteroatoms. The van der Waals surface area contributed by atoms with Gasteiger partial charge in [0.05, 0.1) is 52.9 Å². The summed E-state index contributed by atoms with van der Waals surface area (Å²) in [5, 5.41) is 55.0. The maximum Gasteiger partial charge on any atom is 0.228 e. The van der Waals surface area contributed by atoms with Crippen molar-refractivity contribution in [2.45, 2.75) is 26.2 Å². The first kappa shape index (κ1) is 376. The van der Waals surface area contributed by atoms with Crippen LogP contribution >= 0.6 is 0 Å². The SMILES string of the molecule is C1C[NH+](Cc2nn[nH]n2)CCO1.C1C[NH+](Cc2nn[nH]n2)CCO1.C1C[NH+](Cc2nn[nH]n2)CCO1.C1C[NH+](Cc2nn[nH]n2)CCO1.O.O.O.O.O.O.[O-2].[O-2].[O-2].[O-2].[O-2].[O-2].[O-2].[O-2].[O-2].[O-2].[O-2].[O-2].[O-2].[O-2].[O-2].[O-2].[O-2].[O-2].[O-2].[O-2].[O-2].[O-2].[O-2].[O-2].[O-2].[O-2].[O-2].[O-2].[O-2].[O-2].[O-2].[O-2].[O-2].[O-2].[O-2].[O-2].[O-][Si]([O-])([O-])[O-].[W].[W].[W].[W].[W].[W].[W].[W].[W].[W].[W].[W]. The minimum atomic E-state index is -5.61. The minimum Gasteiger partial charge on any atom is -2.00 e. The van der Waals surface area contributed by atoms with Gasteiger partial charge in [-0.3, -0.25) is 0 Å². The van der Waals surface area contributed by atoms with Gasteiger partial charge in [-0.15, -0.1) is 40.8 Å². The van der Waals surface area contributed by atoms with Crippen LogP contribution in [0.4, 0.5) is 0 Å². The van der Waals surface area contributed by atoms with Gasteiger partial charge in [-0.1, -0.05) is 0 Å². The van der Waals surface area contributed by atoms with Crippen molar-refractivity contribution in [2.75, 3.05) is 105 Å². The van der Waals surface area contributed by atoms with E-state index < -0.39 is 9.05 Å². The molecule has 0 aromatic carbocycles. The van der Waals surface area contributed by atoms with E-state index in [9.17, 15) is 0 Å². The number of aromatic nitrogens is 16. The molecule has 107 heavy (non-hydrogen) atoms. The number of nitrogens with zero attached hydrogens (tertiary/aromatic N) is 12. The molecular formula is C24H60N20O50SiW12-72. The molecule has 4 aliphatic heterocycles. The predicted octanol–water partition coefficient (Wildman–Crippen LogP) is -23.9. The number of H-pyrrole nitrogens is 4. The number of hydrogen-bond donors (Lipinski definition) is 8. The molecule has 0 saturated carbocycles. The molecule has 704 valence electrons. The first-order valence-electron chi connectivity index (χ1n) is 17.2. The maximum atomic E-state index is 8.58. The summed E-state index contributed by atoms with van der Waals surface area (Å²) in [5.41, 5.74) is 0. The average molecular weight is 3660 g/mol. The van der Waals surface area contributed by atoms with Crippen molar-refractivity contribution in [2.24, 2.45) is 0 Å². The summed E-state index contributed by atoms with van der Waals surface area (Å²) in [7, 11) is -5.61. The molecule has 0 bridgehead atoms. The standard InChI is InChI=1S/4C6H11N5O.O4Si.6H2O.36O.12W/c4*1-3-12-4-2-11(1)5-6-7-9-10-8-6;1-5(2,3)4;;;;;;;;;;;;;;;;;;;;;;;;;;;;;;;;;;;;;;;;;;;;;;;;;;;;;;/h4*1-5H2,(H,7,8,9,10);;6*1H2;;;;;;;;;;;;;;;;;;;;;;;;;;;;;;;;;;;;;;;;;;;;;;;;/q;;;;-4;;;;;;;36*-2;;;;;;;;;;;;/p+4. The number of rotatable bonds is 8. The van der Waals surface area contributed by atoms with E-state index in [1.54, 1.807) is 0 Å². The van der Waals surface area contributed by atoms with Crippen LogP contribution in [0, 0.1) is 0 Å². The molecule has 4 saturated heterocycles. The van der Waals surface area contributed by atoms with E-state index in [0.717, 1.165) is 155 Å². The van der Waals surface area contributed by atoms with Crippen LogP contribution in [-0.4, -0.2) is 230 Å². The van der Waals surface area contributed by atoms with Crippen LogP contribution in [0.2, 0.25) is 0 Å². The molecule has 8 rings (SSSR count). The molecular weight excluding hydrogens is 3600 g/mol. The zero-order valence-corrected chi connectivity index (χ0v) is 88.1. The summed E-state index contributed by atoms with van der Waals surface area (Å²) >= 11 is 0. The van der Waals surface area contributed by atoms with Crippen LogP contribution in [0.15, 0.2) is 0 Å². The van der Waals surface area contributed by atoms with Crippen molar-refractivity contribution in [3.8, 4) is 0 Å². The smallest absolute Gasteiger partial charge is 0.228 e. The van der Waals surface area contributed by atoms with E-state index in [4.69, 9.17) is 38.1 Å². The van der Waals surface area contributed by atoms with Crippen molar-refractivity contribution in [3.63, 3.8) is 0 Å². The Balaban J connectivity index is -0.00000000670. The Bertz CT molecular complexity index is 1290. The van der Waals surface area contributed by atoms with Gasteiger partial charge in [-0.05, 0) is 20.9 Å². The fraction of sp³-hybridized carbons (Fsp3) is 0.833. The Kier molecular flexibility index (Phi) is 839. The first-order chi connectivity index (χ1) is 25.8. The Hall–Kier alpha value is 2.60. The molecule has 4 aliphatic rings. The predicted molar refractivity (Wildman–Crippen MR) is 210 cm³/mol. The summed E-state index contributed by atoms with van der Waals surface area (Å²) in [4.78, 5) is 40.1. The van der Waals surface area contributed by atoms with E-state index in [2.05, 4.69) is 82.5 Å². The molecule has 4 aromatic heterocycles. The molecule has 0 amide bonds. The Morgan fingerprint density at radius 3 is 0.393 bits per heavy atom. The van der Waals surface area contributed by atoms with Crippen molar-refractivity contribution in [1.82, 2.24) is 82.5 Å². The Labute approximate surface area is 778 Å². The number of quaternary nitrogens is 4. The molecule has 4 fully saturated rings. The topological polar surface area (TPSA) is 1580 Å².